The molecule has 1 atom stereocenters. The van der Waals surface area contributed by atoms with Crippen LogP contribution < -0.4 is 5.32 Å². The molecule has 0 aromatic carbocycles. The zero-order chi connectivity index (χ0) is 17.2. The van der Waals surface area contributed by atoms with E-state index in [1.165, 1.54) is 32.1 Å². The Bertz CT molecular complexity index is 465. The smallest absolute Gasteiger partial charge is 0.225 e. The summed E-state index contributed by atoms with van der Waals surface area (Å²) in [6.07, 6.45) is 8.85. The summed E-state index contributed by atoms with van der Waals surface area (Å²) < 4.78 is 0. The van der Waals surface area contributed by atoms with Gasteiger partial charge in [-0.25, -0.2) is 0 Å². The lowest BCUT2D eigenvalue weighted by Gasteiger charge is -2.35. The van der Waals surface area contributed by atoms with Gasteiger partial charge in [0.1, 0.15) is 0 Å². The molecule has 2 amide bonds. The average molecular weight is 335 g/mol. The van der Waals surface area contributed by atoms with E-state index in [1.807, 2.05) is 4.90 Å². The molecule has 2 heterocycles. The molecule has 1 aliphatic carbocycles. The second-order valence-corrected chi connectivity index (χ2v) is 8.46. The summed E-state index contributed by atoms with van der Waals surface area (Å²) in [6, 6.07) is 0.380. The van der Waals surface area contributed by atoms with Gasteiger partial charge in [-0.1, -0.05) is 19.3 Å². The second kappa shape index (κ2) is 7.42. The van der Waals surface area contributed by atoms with Crippen LogP contribution in [0.5, 0.6) is 0 Å². The Labute approximate surface area is 146 Å². The van der Waals surface area contributed by atoms with Crippen molar-refractivity contribution in [2.45, 2.75) is 76.8 Å². The minimum absolute atomic E-state index is 0.00215. The average Bonchev–Trinajstić information content (AvgIpc) is 3.23. The van der Waals surface area contributed by atoms with E-state index in [0.29, 0.717) is 25.6 Å². The molecule has 1 saturated carbocycles. The highest BCUT2D eigenvalue weighted by molar-refractivity contribution is 5.89. The monoisotopic (exact) mass is 335 g/mol. The second-order valence-electron chi connectivity index (χ2n) is 8.46. The summed E-state index contributed by atoms with van der Waals surface area (Å²) in [5.41, 5.74) is -0.00215. The molecule has 5 nitrogen and oxygen atoms in total. The molecule has 0 aromatic rings. The molecule has 0 spiro atoms. The van der Waals surface area contributed by atoms with Crippen LogP contribution in [-0.4, -0.2) is 59.4 Å². The van der Waals surface area contributed by atoms with Crippen molar-refractivity contribution in [3.05, 3.63) is 0 Å². The van der Waals surface area contributed by atoms with Crippen LogP contribution in [0.15, 0.2) is 0 Å². The number of nitrogens with one attached hydrogen (secondary N) is 1. The number of rotatable bonds is 5. The van der Waals surface area contributed by atoms with E-state index < -0.39 is 0 Å². The van der Waals surface area contributed by atoms with Gasteiger partial charge in [0.2, 0.25) is 11.8 Å². The third kappa shape index (κ3) is 3.93. The van der Waals surface area contributed by atoms with Gasteiger partial charge in [0.05, 0.1) is 5.92 Å². The minimum atomic E-state index is -0.159. The third-order valence-electron chi connectivity index (χ3n) is 6.20. The first-order valence-electron chi connectivity index (χ1n) is 9.79. The van der Waals surface area contributed by atoms with Gasteiger partial charge in [-0.05, 0) is 52.6 Å². The van der Waals surface area contributed by atoms with Crippen molar-refractivity contribution in [1.82, 2.24) is 15.1 Å². The van der Waals surface area contributed by atoms with Crippen molar-refractivity contribution in [1.29, 1.82) is 0 Å². The maximum absolute atomic E-state index is 12.6. The topological polar surface area (TPSA) is 52.7 Å². The van der Waals surface area contributed by atoms with Crippen LogP contribution in [0.1, 0.15) is 65.2 Å². The molecule has 3 rings (SSSR count). The Morgan fingerprint density at radius 3 is 2.46 bits per heavy atom. The van der Waals surface area contributed by atoms with Crippen molar-refractivity contribution in [3.8, 4) is 0 Å². The Balaban J connectivity index is 1.49. The van der Waals surface area contributed by atoms with E-state index >= 15 is 0 Å². The predicted molar refractivity (Wildman–Crippen MR) is 94.6 cm³/mol. The van der Waals surface area contributed by atoms with Gasteiger partial charge in [0.15, 0.2) is 0 Å². The number of hydrogen-bond donors (Lipinski definition) is 1. The van der Waals surface area contributed by atoms with E-state index in [9.17, 15) is 9.59 Å². The summed E-state index contributed by atoms with van der Waals surface area (Å²) in [5.74, 6) is 0.0867. The first-order chi connectivity index (χ1) is 11.5. The lowest BCUT2D eigenvalue weighted by Crippen LogP contribution is -2.51. The van der Waals surface area contributed by atoms with Crippen LogP contribution in [0.25, 0.3) is 0 Å². The number of carbonyl (C=O) groups excluding carboxylic acids is 2. The van der Waals surface area contributed by atoms with Gasteiger partial charge < -0.3 is 10.2 Å². The van der Waals surface area contributed by atoms with Crippen molar-refractivity contribution in [3.63, 3.8) is 0 Å². The normalized spacial score (nSPS) is 27.0. The maximum atomic E-state index is 12.6. The van der Waals surface area contributed by atoms with E-state index in [1.54, 1.807) is 0 Å². The number of carbonyl (C=O) groups is 2. The molecular weight excluding hydrogens is 302 g/mol. The Morgan fingerprint density at radius 2 is 1.79 bits per heavy atom. The maximum Gasteiger partial charge on any atom is 0.225 e. The van der Waals surface area contributed by atoms with Crippen molar-refractivity contribution in [2.75, 3.05) is 26.2 Å². The lowest BCUT2D eigenvalue weighted by atomic mass is 9.94. The predicted octanol–water partition coefficient (Wildman–Crippen LogP) is 2.16. The SMILES string of the molecule is CC(C)(CNC(=O)C1CC(=O)N(C2CCCCC2)C1)N1CCCC1. The first-order valence-corrected chi connectivity index (χ1v) is 9.79. The molecule has 1 N–H and O–H groups in total. The highest BCUT2D eigenvalue weighted by atomic mass is 16.2. The lowest BCUT2D eigenvalue weighted by molar-refractivity contribution is -0.130. The molecule has 136 valence electrons. The van der Waals surface area contributed by atoms with Gasteiger partial charge in [-0.15, -0.1) is 0 Å². The molecule has 2 saturated heterocycles. The Kier molecular flexibility index (Phi) is 5.48. The molecule has 3 aliphatic rings. The summed E-state index contributed by atoms with van der Waals surface area (Å²) in [6.45, 7) is 7.94. The van der Waals surface area contributed by atoms with Crippen LogP contribution in [0.4, 0.5) is 0 Å². The zero-order valence-electron chi connectivity index (χ0n) is 15.4. The molecule has 3 fully saturated rings. The molecule has 2 aliphatic heterocycles. The summed E-state index contributed by atoms with van der Waals surface area (Å²) in [5, 5.41) is 3.13. The molecular formula is C19H33N3O2. The number of amides is 2. The number of likely N-dealkylation sites (tertiary alicyclic amines) is 2. The van der Waals surface area contributed by atoms with Gasteiger partial charge in [0, 0.05) is 31.1 Å². The molecule has 1 unspecified atom stereocenters. The van der Waals surface area contributed by atoms with Gasteiger partial charge in [0.25, 0.3) is 0 Å². The molecule has 0 aromatic heterocycles. The van der Waals surface area contributed by atoms with E-state index in [-0.39, 0.29) is 23.3 Å². The van der Waals surface area contributed by atoms with Crippen LogP contribution in [0.2, 0.25) is 0 Å². The van der Waals surface area contributed by atoms with Crippen LogP contribution in [0, 0.1) is 5.92 Å². The van der Waals surface area contributed by atoms with Crippen LogP contribution in [-0.2, 0) is 9.59 Å². The van der Waals surface area contributed by atoms with Crippen molar-refractivity contribution >= 4 is 11.8 Å². The molecule has 0 radical (unpaired) electrons. The third-order valence-corrected chi connectivity index (χ3v) is 6.20. The number of nitrogens with zero attached hydrogens (tertiary/aromatic N) is 2. The van der Waals surface area contributed by atoms with Gasteiger partial charge in [-0.3, -0.25) is 14.5 Å². The summed E-state index contributed by atoms with van der Waals surface area (Å²) in [4.78, 5) is 29.4. The van der Waals surface area contributed by atoms with Crippen molar-refractivity contribution in [2.24, 2.45) is 5.92 Å². The summed E-state index contributed by atoms with van der Waals surface area (Å²) >= 11 is 0. The van der Waals surface area contributed by atoms with Crippen molar-refractivity contribution < 1.29 is 9.59 Å². The van der Waals surface area contributed by atoms with E-state index in [2.05, 4.69) is 24.1 Å². The highest BCUT2D eigenvalue weighted by Crippen LogP contribution is 2.29. The first kappa shape index (κ1) is 17.7. The standard InChI is InChI=1S/C19H33N3O2/c1-19(2,21-10-6-7-11-21)14-20-18(24)15-12-17(23)22(13-15)16-8-4-3-5-9-16/h15-16H,3-14H2,1-2H3,(H,20,24). The summed E-state index contributed by atoms with van der Waals surface area (Å²) in [7, 11) is 0. The highest BCUT2D eigenvalue weighted by Gasteiger charge is 2.38. The quantitative estimate of drug-likeness (QED) is 0.838. The zero-order valence-corrected chi connectivity index (χ0v) is 15.4. The van der Waals surface area contributed by atoms with Crippen LogP contribution >= 0.6 is 0 Å². The van der Waals surface area contributed by atoms with Gasteiger partial charge >= 0.3 is 0 Å². The molecule has 0 bridgehead atoms. The number of hydrogen-bond acceptors (Lipinski definition) is 3. The molecule has 24 heavy (non-hydrogen) atoms. The Morgan fingerprint density at radius 1 is 1.12 bits per heavy atom. The fourth-order valence-electron chi connectivity index (χ4n) is 4.53. The van der Waals surface area contributed by atoms with E-state index in [4.69, 9.17) is 0 Å². The fourth-order valence-corrected chi connectivity index (χ4v) is 4.53. The van der Waals surface area contributed by atoms with Crippen LogP contribution in [0.3, 0.4) is 0 Å². The van der Waals surface area contributed by atoms with Gasteiger partial charge in [-0.2, -0.15) is 0 Å². The van der Waals surface area contributed by atoms with E-state index in [0.717, 1.165) is 25.9 Å². The Hall–Kier alpha value is -1.10. The fraction of sp³-hybridized carbons (Fsp3) is 0.895. The minimum Gasteiger partial charge on any atom is -0.354 e. The molecule has 5 heteroatoms. The largest absolute Gasteiger partial charge is 0.354 e.